The lowest BCUT2D eigenvalue weighted by Gasteiger charge is -2.10. The minimum absolute atomic E-state index is 0.930. The van der Waals surface area contributed by atoms with E-state index in [1.807, 2.05) is 6.92 Å². The van der Waals surface area contributed by atoms with Gasteiger partial charge in [0.1, 0.15) is 0 Å². The zero-order valence-corrected chi connectivity index (χ0v) is 11.6. The summed E-state index contributed by atoms with van der Waals surface area (Å²) < 4.78 is 2.13. The van der Waals surface area contributed by atoms with Crippen molar-refractivity contribution in [2.45, 2.75) is 34.1 Å². The van der Waals surface area contributed by atoms with Crippen molar-refractivity contribution in [1.29, 1.82) is 0 Å². The molecule has 0 bridgehead atoms. The van der Waals surface area contributed by atoms with Crippen LogP contribution >= 0.6 is 0 Å². The van der Waals surface area contributed by atoms with Gasteiger partial charge in [0.05, 0.1) is 5.69 Å². The molecule has 0 unspecified atom stereocenters. The molecule has 1 heterocycles. The second-order valence-corrected chi connectivity index (χ2v) is 4.85. The zero-order valence-electron chi connectivity index (χ0n) is 11.6. The number of aromatic nitrogens is 2. The lowest BCUT2D eigenvalue weighted by atomic mass is 10.1. The molecule has 18 heavy (non-hydrogen) atoms. The van der Waals surface area contributed by atoms with Crippen LogP contribution in [0.25, 0.3) is 5.69 Å². The first-order valence-corrected chi connectivity index (χ1v) is 6.48. The lowest BCUT2D eigenvalue weighted by Crippen LogP contribution is -2.06. The molecule has 0 amide bonds. The molecule has 3 heteroatoms. The van der Waals surface area contributed by atoms with Crippen molar-refractivity contribution in [2.75, 3.05) is 11.9 Å². The van der Waals surface area contributed by atoms with Gasteiger partial charge in [-0.3, -0.25) is 4.57 Å². The van der Waals surface area contributed by atoms with Crippen LogP contribution in [0.15, 0.2) is 24.4 Å². The molecule has 0 spiro atoms. The Labute approximate surface area is 109 Å². The number of aryl methyl sites for hydroxylation is 3. The Morgan fingerprint density at radius 3 is 2.39 bits per heavy atom. The average Bonchev–Trinajstić information content (AvgIpc) is 2.66. The fourth-order valence-corrected chi connectivity index (χ4v) is 2.15. The first-order chi connectivity index (χ1) is 8.60. The van der Waals surface area contributed by atoms with Gasteiger partial charge in [-0.1, -0.05) is 13.0 Å². The van der Waals surface area contributed by atoms with Crippen molar-refractivity contribution in [1.82, 2.24) is 9.55 Å². The number of imidazole rings is 1. The van der Waals surface area contributed by atoms with Crippen LogP contribution in [0.3, 0.4) is 0 Å². The third-order valence-electron chi connectivity index (χ3n) is 2.84. The van der Waals surface area contributed by atoms with Crippen LogP contribution in [0, 0.1) is 20.8 Å². The zero-order chi connectivity index (χ0) is 13.1. The van der Waals surface area contributed by atoms with E-state index in [0.717, 1.165) is 24.6 Å². The monoisotopic (exact) mass is 243 g/mol. The maximum atomic E-state index is 4.54. The van der Waals surface area contributed by atoms with Gasteiger partial charge in [0.2, 0.25) is 5.95 Å². The van der Waals surface area contributed by atoms with E-state index in [4.69, 9.17) is 0 Å². The molecule has 2 rings (SSSR count). The van der Waals surface area contributed by atoms with E-state index < -0.39 is 0 Å². The standard InChI is InChI=1S/C15H21N3/c1-5-6-16-15-17-13(4)10-18(15)14-8-11(2)7-12(3)9-14/h7-10H,5-6H2,1-4H3,(H,16,17). The highest BCUT2D eigenvalue weighted by Crippen LogP contribution is 2.19. The summed E-state index contributed by atoms with van der Waals surface area (Å²) >= 11 is 0. The molecule has 0 radical (unpaired) electrons. The molecule has 0 saturated heterocycles. The van der Waals surface area contributed by atoms with Crippen LogP contribution in [0.5, 0.6) is 0 Å². The summed E-state index contributed by atoms with van der Waals surface area (Å²) in [6.45, 7) is 9.38. The van der Waals surface area contributed by atoms with E-state index in [2.05, 4.69) is 60.0 Å². The molecule has 96 valence electrons. The minimum Gasteiger partial charge on any atom is -0.355 e. The minimum atomic E-state index is 0.930. The van der Waals surface area contributed by atoms with Crippen molar-refractivity contribution >= 4 is 5.95 Å². The number of nitrogens with one attached hydrogen (secondary N) is 1. The van der Waals surface area contributed by atoms with Gasteiger partial charge >= 0.3 is 0 Å². The molecule has 0 aliphatic carbocycles. The molecule has 0 fully saturated rings. The quantitative estimate of drug-likeness (QED) is 0.888. The Hall–Kier alpha value is -1.77. The number of hydrogen-bond acceptors (Lipinski definition) is 2. The van der Waals surface area contributed by atoms with Gasteiger partial charge in [-0.2, -0.15) is 0 Å². The van der Waals surface area contributed by atoms with E-state index in [-0.39, 0.29) is 0 Å². The maximum Gasteiger partial charge on any atom is 0.207 e. The lowest BCUT2D eigenvalue weighted by molar-refractivity contribution is 0.935. The topological polar surface area (TPSA) is 29.9 Å². The Kier molecular flexibility index (Phi) is 3.70. The molecule has 1 N–H and O–H groups in total. The van der Waals surface area contributed by atoms with Gasteiger partial charge < -0.3 is 5.32 Å². The highest BCUT2D eigenvalue weighted by molar-refractivity contribution is 5.46. The Balaban J connectivity index is 2.42. The van der Waals surface area contributed by atoms with Gasteiger partial charge in [0.15, 0.2) is 0 Å². The molecule has 0 aliphatic heterocycles. The van der Waals surface area contributed by atoms with Crippen LogP contribution in [0.2, 0.25) is 0 Å². The number of anilines is 1. The number of benzene rings is 1. The van der Waals surface area contributed by atoms with Crippen LogP contribution in [-0.4, -0.2) is 16.1 Å². The summed E-state index contributed by atoms with van der Waals surface area (Å²) in [5.41, 5.74) is 4.76. The summed E-state index contributed by atoms with van der Waals surface area (Å²) in [5.74, 6) is 0.930. The Bertz CT molecular complexity index is 520. The summed E-state index contributed by atoms with van der Waals surface area (Å²) in [4.78, 5) is 4.54. The predicted molar refractivity (Wildman–Crippen MR) is 76.6 cm³/mol. The summed E-state index contributed by atoms with van der Waals surface area (Å²) in [5, 5.41) is 3.37. The first-order valence-electron chi connectivity index (χ1n) is 6.48. The Morgan fingerprint density at radius 1 is 1.11 bits per heavy atom. The molecule has 1 aromatic heterocycles. The average molecular weight is 243 g/mol. The van der Waals surface area contributed by atoms with Crippen LogP contribution in [0.1, 0.15) is 30.2 Å². The highest BCUT2D eigenvalue weighted by Gasteiger charge is 2.07. The van der Waals surface area contributed by atoms with E-state index >= 15 is 0 Å². The Morgan fingerprint density at radius 2 is 1.78 bits per heavy atom. The fourth-order valence-electron chi connectivity index (χ4n) is 2.15. The predicted octanol–water partition coefficient (Wildman–Crippen LogP) is 3.62. The van der Waals surface area contributed by atoms with Crippen molar-refractivity contribution in [3.63, 3.8) is 0 Å². The summed E-state index contributed by atoms with van der Waals surface area (Å²) in [6.07, 6.45) is 3.17. The van der Waals surface area contributed by atoms with Crippen LogP contribution < -0.4 is 5.32 Å². The summed E-state index contributed by atoms with van der Waals surface area (Å²) in [6, 6.07) is 6.56. The molecular formula is C15H21N3. The van der Waals surface area contributed by atoms with Crippen molar-refractivity contribution in [3.8, 4) is 5.69 Å². The van der Waals surface area contributed by atoms with E-state index in [1.54, 1.807) is 0 Å². The van der Waals surface area contributed by atoms with Crippen LogP contribution in [-0.2, 0) is 0 Å². The second kappa shape index (κ2) is 5.25. The van der Waals surface area contributed by atoms with Gasteiger partial charge in [0.25, 0.3) is 0 Å². The van der Waals surface area contributed by atoms with Gasteiger partial charge in [-0.05, 0) is 50.5 Å². The number of hydrogen-bond donors (Lipinski definition) is 1. The van der Waals surface area contributed by atoms with Gasteiger partial charge in [0, 0.05) is 18.4 Å². The molecule has 0 atom stereocenters. The molecule has 0 saturated carbocycles. The SMILES string of the molecule is CCCNc1nc(C)cn1-c1cc(C)cc(C)c1. The molecule has 3 nitrogen and oxygen atoms in total. The molecule has 0 aliphatic rings. The third kappa shape index (κ3) is 2.73. The van der Waals surface area contributed by atoms with E-state index in [0.29, 0.717) is 0 Å². The largest absolute Gasteiger partial charge is 0.355 e. The first kappa shape index (κ1) is 12.7. The number of nitrogens with zero attached hydrogens (tertiary/aromatic N) is 2. The van der Waals surface area contributed by atoms with Crippen molar-refractivity contribution < 1.29 is 0 Å². The fraction of sp³-hybridized carbons (Fsp3) is 0.400. The van der Waals surface area contributed by atoms with Crippen molar-refractivity contribution in [3.05, 3.63) is 41.2 Å². The number of rotatable bonds is 4. The van der Waals surface area contributed by atoms with Gasteiger partial charge in [-0.15, -0.1) is 0 Å². The summed E-state index contributed by atoms with van der Waals surface area (Å²) in [7, 11) is 0. The van der Waals surface area contributed by atoms with E-state index in [9.17, 15) is 0 Å². The highest BCUT2D eigenvalue weighted by atomic mass is 15.2. The second-order valence-electron chi connectivity index (χ2n) is 4.85. The maximum absolute atomic E-state index is 4.54. The molecule has 1 aromatic carbocycles. The van der Waals surface area contributed by atoms with Gasteiger partial charge in [-0.25, -0.2) is 4.98 Å². The smallest absolute Gasteiger partial charge is 0.207 e. The molecule has 2 aromatic rings. The van der Waals surface area contributed by atoms with E-state index in [1.165, 1.54) is 16.8 Å². The normalized spacial score (nSPS) is 10.7. The van der Waals surface area contributed by atoms with Crippen LogP contribution in [0.4, 0.5) is 5.95 Å². The van der Waals surface area contributed by atoms with Crippen molar-refractivity contribution in [2.24, 2.45) is 0 Å². The molecular weight excluding hydrogens is 222 g/mol. The third-order valence-corrected chi connectivity index (χ3v) is 2.84.